The van der Waals surface area contributed by atoms with Gasteiger partial charge >= 0.3 is 6.18 Å². The van der Waals surface area contributed by atoms with Gasteiger partial charge in [0, 0.05) is 25.7 Å². The number of alkyl halides is 3. The lowest BCUT2D eigenvalue weighted by molar-refractivity contribution is -0.137. The summed E-state index contributed by atoms with van der Waals surface area (Å²) in [6.45, 7) is 3.10. The molecular formula is C27H23ClF3N3O3. The molecule has 0 saturated carbocycles. The Morgan fingerprint density at radius 3 is 2.54 bits per heavy atom. The number of hydrogen-bond donors (Lipinski definition) is 0. The Kier molecular flexibility index (Phi) is 6.49. The first-order chi connectivity index (χ1) is 17.7. The molecule has 2 aliphatic heterocycles. The topological polar surface area (TPSA) is 54.4 Å². The molecule has 5 rings (SSSR count). The Morgan fingerprint density at radius 2 is 1.84 bits per heavy atom. The van der Waals surface area contributed by atoms with Crippen LogP contribution in [-0.4, -0.2) is 54.3 Å². The second-order valence-electron chi connectivity index (χ2n) is 8.85. The molecule has 3 aromatic rings. The molecule has 0 aliphatic carbocycles. The van der Waals surface area contributed by atoms with E-state index in [1.165, 1.54) is 13.2 Å². The van der Waals surface area contributed by atoms with Crippen molar-refractivity contribution in [3.05, 3.63) is 82.4 Å². The molecule has 3 aromatic carbocycles. The number of rotatable bonds is 2. The van der Waals surface area contributed by atoms with Gasteiger partial charge in [0.25, 0.3) is 5.91 Å². The zero-order chi connectivity index (χ0) is 26.3. The molecule has 2 heterocycles. The summed E-state index contributed by atoms with van der Waals surface area (Å²) in [5.74, 6) is 1.49. The highest BCUT2D eigenvalue weighted by atomic mass is 35.5. The Labute approximate surface area is 216 Å². The molecule has 1 amide bonds. The fourth-order valence-corrected chi connectivity index (χ4v) is 4.76. The van der Waals surface area contributed by atoms with E-state index in [1.807, 2.05) is 11.8 Å². The number of benzene rings is 3. The van der Waals surface area contributed by atoms with Crippen LogP contribution in [0, 0.1) is 0 Å². The van der Waals surface area contributed by atoms with Gasteiger partial charge in [-0.15, -0.1) is 0 Å². The van der Waals surface area contributed by atoms with Crippen LogP contribution in [0.4, 0.5) is 18.9 Å². The van der Waals surface area contributed by atoms with Gasteiger partial charge in [0.1, 0.15) is 23.0 Å². The van der Waals surface area contributed by atoms with E-state index in [0.717, 1.165) is 12.1 Å². The van der Waals surface area contributed by atoms with Crippen molar-refractivity contribution >= 4 is 29.0 Å². The van der Waals surface area contributed by atoms with E-state index in [2.05, 4.69) is 4.99 Å². The van der Waals surface area contributed by atoms with Crippen LogP contribution in [0.15, 0.2) is 65.7 Å². The molecule has 192 valence electrons. The molecule has 1 atom stereocenters. The van der Waals surface area contributed by atoms with E-state index in [0.29, 0.717) is 53.1 Å². The van der Waals surface area contributed by atoms with Crippen LogP contribution in [0.25, 0.3) is 0 Å². The van der Waals surface area contributed by atoms with E-state index in [9.17, 15) is 18.0 Å². The molecule has 0 radical (unpaired) electrons. The fourth-order valence-electron chi connectivity index (χ4n) is 4.54. The summed E-state index contributed by atoms with van der Waals surface area (Å²) in [4.78, 5) is 21.6. The molecule has 0 bridgehead atoms. The summed E-state index contributed by atoms with van der Waals surface area (Å²) in [6.07, 6.45) is -4.52. The van der Waals surface area contributed by atoms with Crippen LogP contribution in [0.2, 0.25) is 5.02 Å². The highest BCUT2D eigenvalue weighted by Gasteiger charge is 2.34. The van der Waals surface area contributed by atoms with Gasteiger partial charge in [-0.25, -0.2) is 4.99 Å². The highest BCUT2D eigenvalue weighted by molar-refractivity contribution is 6.33. The minimum Gasteiger partial charge on any atom is -0.497 e. The number of halogens is 4. The molecule has 37 heavy (non-hydrogen) atoms. The molecule has 2 aliphatic rings. The Balaban J connectivity index is 1.52. The van der Waals surface area contributed by atoms with Gasteiger partial charge in [-0.3, -0.25) is 4.79 Å². The predicted molar refractivity (Wildman–Crippen MR) is 134 cm³/mol. The molecule has 10 heteroatoms. The number of ether oxygens (including phenoxy) is 2. The zero-order valence-electron chi connectivity index (χ0n) is 20.1. The lowest BCUT2D eigenvalue weighted by Crippen LogP contribution is -2.55. The van der Waals surface area contributed by atoms with Crippen LogP contribution in [-0.2, 0) is 6.18 Å². The average molecular weight is 530 g/mol. The van der Waals surface area contributed by atoms with Crippen molar-refractivity contribution in [2.45, 2.75) is 19.1 Å². The van der Waals surface area contributed by atoms with Crippen LogP contribution in [0.5, 0.6) is 17.2 Å². The average Bonchev–Trinajstić information content (AvgIpc) is 3.03. The molecule has 6 nitrogen and oxygen atoms in total. The third-order valence-corrected chi connectivity index (χ3v) is 6.78. The largest absolute Gasteiger partial charge is 0.497 e. The van der Waals surface area contributed by atoms with Crippen molar-refractivity contribution in [1.29, 1.82) is 0 Å². The number of amides is 1. The van der Waals surface area contributed by atoms with Gasteiger partial charge < -0.3 is 19.3 Å². The Bertz CT molecular complexity index is 1390. The summed E-state index contributed by atoms with van der Waals surface area (Å²) in [7, 11) is 1.53. The smallest absolute Gasteiger partial charge is 0.416 e. The van der Waals surface area contributed by atoms with Gasteiger partial charge in [0.15, 0.2) is 5.75 Å². The van der Waals surface area contributed by atoms with Crippen molar-refractivity contribution < 1.29 is 27.4 Å². The number of carbonyl (C=O) groups is 1. The standard InChI is InChI=1S/C27H23ClF3N3O3/c1-16-15-33(11-12-34(16)26(35)19-5-3-4-6-21(19)28)25-20-14-18(36-2)8-10-23(20)37-24-9-7-17(27(29,30)31)13-22(24)32-25/h3-10,13-14,16H,11-12,15H2,1-2H3. The van der Waals surface area contributed by atoms with Crippen molar-refractivity contribution in [2.24, 2.45) is 4.99 Å². The molecule has 1 fully saturated rings. The van der Waals surface area contributed by atoms with Crippen molar-refractivity contribution in [1.82, 2.24) is 9.80 Å². The first-order valence-electron chi connectivity index (χ1n) is 11.6. The first kappa shape index (κ1) is 25.0. The number of piperazine rings is 1. The van der Waals surface area contributed by atoms with Crippen molar-refractivity contribution in [2.75, 3.05) is 26.7 Å². The maximum absolute atomic E-state index is 13.4. The molecule has 0 N–H and O–H groups in total. The summed E-state index contributed by atoms with van der Waals surface area (Å²) in [5, 5.41) is 0.380. The molecule has 1 saturated heterocycles. The van der Waals surface area contributed by atoms with E-state index in [1.54, 1.807) is 47.4 Å². The molecular weight excluding hydrogens is 507 g/mol. The van der Waals surface area contributed by atoms with Crippen molar-refractivity contribution in [3.63, 3.8) is 0 Å². The molecule has 0 spiro atoms. The van der Waals surface area contributed by atoms with Gasteiger partial charge in [-0.05, 0) is 55.5 Å². The number of fused-ring (bicyclic) bond motifs is 2. The number of amidine groups is 1. The first-order valence-corrected chi connectivity index (χ1v) is 12.0. The van der Waals surface area contributed by atoms with E-state index >= 15 is 0 Å². The summed E-state index contributed by atoms with van der Waals surface area (Å²) >= 11 is 6.25. The number of carbonyl (C=O) groups excluding carboxylic acids is 1. The lowest BCUT2D eigenvalue weighted by Gasteiger charge is -2.41. The Morgan fingerprint density at radius 1 is 1.08 bits per heavy atom. The number of methoxy groups -OCH3 is 1. The van der Waals surface area contributed by atoms with Gasteiger partial charge in [0.2, 0.25) is 0 Å². The zero-order valence-corrected chi connectivity index (χ0v) is 20.8. The second kappa shape index (κ2) is 9.63. The minimum atomic E-state index is -4.52. The van der Waals surface area contributed by atoms with Crippen LogP contribution in [0.1, 0.15) is 28.4 Å². The molecule has 1 unspecified atom stereocenters. The maximum Gasteiger partial charge on any atom is 0.416 e. The van der Waals surface area contributed by atoms with Crippen LogP contribution in [0.3, 0.4) is 0 Å². The Hall–Kier alpha value is -3.72. The van der Waals surface area contributed by atoms with Crippen LogP contribution < -0.4 is 9.47 Å². The minimum absolute atomic E-state index is 0.0715. The monoisotopic (exact) mass is 529 g/mol. The normalized spacial score (nSPS) is 17.2. The summed E-state index contributed by atoms with van der Waals surface area (Å²) in [6, 6.07) is 15.1. The van der Waals surface area contributed by atoms with Crippen LogP contribution >= 0.6 is 11.6 Å². The van der Waals surface area contributed by atoms with E-state index in [4.69, 9.17) is 21.1 Å². The fraction of sp³-hybridized carbons (Fsp3) is 0.259. The third kappa shape index (κ3) is 4.83. The maximum atomic E-state index is 13.4. The third-order valence-electron chi connectivity index (χ3n) is 6.45. The number of hydrogen-bond acceptors (Lipinski definition) is 5. The summed E-state index contributed by atoms with van der Waals surface area (Å²) < 4.78 is 51.7. The predicted octanol–water partition coefficient (Wildman–Crippen LogP) is 6.40. The van der Waals surface area contributed by atoms with E-state index in [-0.39, 0.29) is 23.4 Å². The summed E-state index contributed by atoms with van der Waals surface area (Å²) in [5.41, 5.74) is 0.266. The SMILES string of the molecule is COc1ccc2c(c1)C(N1CCN(C(=O)c3ccccc3Cl)C(C)C1)=Nc1cc(C(F)(F)F)ccc1O2. The number of aliphatic imine (C=N–C) groups is 1. The van der Waals surface area contributed by atoms with Gasteiger partial charge in [0.05, 0.1) is 28.8 Å². The highest BCUT2D eigenvalue weighted by Crippen LogP contribution is 2.42. The number of nitrogens with zero attached hydrogens (tertiary/aromatic N) is 3. The van der Waals surface area contributed by atoms with Gasteiger partial charge in [-0.1, -0.05) is 23.7 Å². The van der Waals surface area contributed by atoms with Crippen molar-refractivity contribution in [3.8, 4) is 17.2 Å². The second-order valence-corrected chi connectivity index (χ2v) is 9.26. The quantitative estimate of drug-likeness (QED) is 0.385. The molecule has 0 aromatic heterocycles. The van der Waals surface area contributed by atoms with E-state index < -0.39 is 11.7 Å². The lowest BCUT2D eigenvalue weighted by atomic mass is 10.1. The van der Waals surface area contributed by atoms with Gasteiger partial charge in [-0.2, -0.15) is 13.2 Å².